The quantitative estimate of drug-likeness (QED) is 0.514. The van der Waals surface area contributed by atoms with Gasteiger partial charge in [-0.15, -0.1) is 0 Å². The molecule has 0 radical (unpaired) electrons. The second-order valence-corrected chi connectivity index (χ2v) is 6.57. The molecule has 1 fully saturated rings. The monoisotopic (exact) mass is 319 g/mol. The number of nitrogens with zero attached hydrogens (tertiary/aromatic N) is 2. The van der Waals surface area contributed by atoms with Gasteiger partial charge in [0.1, 0.15) is 0 Å². The van der Waals surface area contributed by atoms with Crippen molar-refractivity contribution in [1.29, 1.82) is 0 Å². The van der Waals surface area contributed by atoms with E-state index in [-0.39, 0.29) is 0 Å². The summed E-state index contributed by atoms with van der Waals surface area (Å²) in [4.78, 5) is 6.73. The SMILES string of the molecule is CCCCCCCCNC(=S)N(Cc1ccccn1)C1CC1. The molecule has 1 heterocycles. The van der Waals surface area contributed by atoms with E-state index >= 15 is 0 Å². The normalized spacial score (nSPS) is 13.9. The maximum atomic E-state index is 5.60. The summed E-state index contributed by atoms with van der Waals surface area (Å²) >= 11 is 5.60. The molecule has 3 nitrogen and oxygen atoms in total. The van der Waals surface area contributed by atoms with Crippen LogP contribution < -0.4 is 5.32 Å². The zero-order valence-corrected chi connectivity index (χ0v) is 14.6. The Bertz CT molecular complexity index is 431. The summed E-state index contributed by atoms with van der Waals surface area (Å²) < 4.78 is 0. The summed E-state index contributed by atoms with van der Waals surface area (Å²) in [5, 5.41) is 4.35. The molecule has 0 unspecified atom stereocenters. The highest BCUT2D eigenvalue weighted by atomic mass is 32.1. The second-order valence-electron chi connectivity index (χ2n) is 6.18. The van der Waals surface area contributed by atoms with Gasteiger partial charge in [-0.25, -0.2) is 0 Å². The van der Waals surface area contributed by atoms with Crippen LogP contribution in [0.25, 0.3) is 0 Å². The van der Waals surface area contributed by atoms with Gasteiger partial charge in [-0.3, -0.25) is 4.98 Å². The summed E-state index contributed by atoms with van der Waals surface area (Å²) in [6.45, 7) is 4.08. The van der Waals surface area contributed by atoms with E-state index in [9.17, 15) is 0 Å². The molecule has 0 spiro atoms. The molecule has 1 aromatic heterocycles. The van der Waals surface area contributed by atoms with Gasteiger partial charge >= 0.3 is 0 Å². The Morgan fingerprint density at radius 3 is 2.68 bits per heavy atom. The van der Waals surface area contributed by atoms with E-state index in [1.807, 2.05) is 18.3 Å². The number of thiocarbonyl (C=S) groups is 1. The van der Waals surface area contributed by atoms with Crippen molar-refractivity contribution in [2.45, 2.75) is 70.9 Å². The molecule has 4 heteroatoms. The van der Waals surface area contributed by atoms with Crippen LogP contribution in [-0.4, -0.2) is 27.6 Å². The van der Waals surface area contributed by atoms with Crippen molar-refractivity contribution in [1.82, 2.24) is 15.2 Å². The van der Waals surface area contributed by atoms with Crippen LogP contribution in [0.15, 0.2) is 24.4 Å². The average Bonchev–Trinajstić information content (AvgIpc) is 3.37. The number of rotatable bonds is 10. The van der Waals surface area contributed by atoms with Crippen molar-refractivity contribution in [3.8, 4) is 0 Å². The maximum absolute atomic E-state index is 5.60. The molecule has 1 aliphatic rings. The average molecular weight is 320 g/mol. The van der Waals surface area contributed by atoms with Crippen molar-refractivity contribution in [3.05, 3.63) is 30.1 Å². The van der Waals surface area contributed by atoms with Gasteiger partial charge in [0.25, 0.3) is 0 Å². The van der Waals surface area contributed by atoms with Gasteiger partial charge in [0.2, 0.25) is 0 Å². The minimum absolute atomic E-state index is 0.617. The molecule has 22 heavy (non-hydrogen) atoms. The molecule has 2 rings (SSSR count). The van der Waals surface area contributed by atoms with E-state index in [2.05, 4.69) is 28.2 Å². The Labute approximate surface area is 140 Å². The fourth-order valence-electron chi connectivity index (χ4n) is 2.62. The Hall–Kier alpha value is -1.16. The van der Waals surface area contributed by atoms with Crippen LogP contribution in [0.1, 0.15) is 64.0 Å². The first-order chi connectivity index (χ1) is 10.8. The van der Waals surface area contributed by atoms with Crippen LogP contribution >= 0.6 is 12.2 Å². The molecule has 0 bridgehead atoms. The van der Waals surface area contributed by atoms with Gasteiger partial charge in [0.05, 0.1) is 12.2 Å². The zero-order valence-electron chi connectivity index (χ0n) is 13.8. The fourth-order valence-corrected chi connectivity index (χ4v) is 2.94. The molecular weight excluding hydrogens is 290 g/mol. The van der Waals surface area contributed by atoms with E-state index in [1.165, 1.54) is 51.4 Å². The molecule has 0 saturated heterocycles. The van der Waals surface area contributed by atoms with Gasteiger partial charge < -0.3 is 10.2 Å². The maximum Gasteiger partial charge on any atom is 0.169 e. The molecule has 0 amide bonds. The predicted molar refractivity (Wildman–Crippen MR) is 96.8 cm³/mol. The minimum Gasteiger partial charge on any atom is -0.363 e. The molecule has 0 aliphatic heterocycles. The number of hydrogen-bond donors (Lipinski definition) is 1. The van der Waals surface area contributed by atoms with Gasteiger partial charge in [0.15, 0.2) is 5.11 Å². The largest absolute Gasteiger partial charge is 0.363 e. The van der Waals surface area contributed by atoms with Crippen LogP contribution in [0, 0.1) is 0 Å². The standard InChI is InChI=1S/C18H29N3S/c1-2-3-4-5-6-8-14-20-18(22)21(17-11-12-17)15-16-10-7-9-13-19-16/h7,9-10,13,17H,2-6,8,11-12,14-15H2,1H3,(H,20,22). The lowest BCUT2D eigenvalue weighted by Crippen LogP contribution is -2.41. The zero-order chi connectivity index (χ0) is 15.6. The van der Waals surface area contributed by atoms with Crippen LogP contribution in [0.2, 0.25) is 0 Å². The lowest BCUT2D eigenvalue weighted by molar-refractivity contribution is 0.390. The van der Waals surface area contributed by atoms with Crippen molar-refractivity contribution in [3.63, 3.8) is 0 Å². The number of unbranched alkanes of at least 4 members (excludes halogenated alkanes) is 5. The Balaban J connectivity index is 1.67. The minimum atomic E-state index is 0.617. The Morgan fingerprint density at radius 1 is 1.23 bits per heavy atom. The third-order valence-corrected chi connectivity index (χ3v) is 4.49. The third kappa shape index (κ3) is 6.30. The molecular formula is C18H29N3S. The van der Waals surface area contributed by atoms with Crippen molar-refractivity contribution >= 4 is 17.3 Å². The van der Waals surface area contributed by atoms with E-state index in [4.69, 9.17) is 12.2 Å². The molecule has 0 aromatic carbocycles. The lowest BCUT2D eigenvalue weighted by atomic mass is 10.1. The predicted octanol–water partition coefficient (Wildman–Crippen LogP) is 4.28. The molecule has 1 aliphatic carbocycles. The van der Waals surface area contributed by atoms with Crippen molar-refractivity contribution in [2.75, 3.05) is 6.54 Å². The topological polar surface area (TPSA) is 28.2 Å². The highest BCUT2D eigenvalue weighted by Crippen LogP contribution is 2.28. The van der Waals surface area contributed by atoms with Crippen LogP contribution in [0.5, 0.6) is 0 Å². The summed E-state index contributed by atoms with van der Waals surface area (Å²) in [6.07, 6.45) is 12.3. The first-order valence-electron chi connectivity index (χ1n) is 8.75. The van der Waals surface area contributed by atoms with Crippen LogP contribution in [0.3, 0.4) is 0 Å². The Kier molecular flexibility index (Phi) is 7.64. The van der Waals surface area contributed by atoms with Gasteiger partial charge in [-0.1, -0.05) is 45.1 Å². The molecule has 0 atom stereocenters. The van der Waals surface area contributed by atoms with Crippen LogP contribution in [0.4, 0.5) is 0 Å². The highest BCUT2D eigenvalue weighted by Gasteiger charge is 2.30. The van der Waals surface area contributed by atoms with Gasteiger partial charge in [0, 0.05) is 18.8 Å². The van der Waals surface area contributed by atoms with E-state index in [1.54, 1.807) is 0 Å². The first-order valence-corrected chi connectivity index (χ1v) is 9.16. The lowest BCUT2D eigenvalue weighted by Gasteiger charge is -2.25. The Morgan fingerprint density at radius 2 is 2.00 bits per heavy atom. The smallest absolute Gasteiger partial charge is 0.169 e. The molecule has 122 valence electrons. The van der Waals surface area contributed by atoms with E-state index < -0.39 is 0 Å². The first kappa shape index (κ1) is 17.2. The molecule has 1 aromatic rings. The van der Waals surface area contributed by atoms with Crippen molar-refractivity contribution in [2.24, 2.45) is 0 Å². The van der Waals surface area contributed by atoms with Crippen molar-refractivity contribution < 1.29 is 0 Å². The van der Waals surface area contributed by atoms with E-state index in [0.717, 1.165) is 23.9 Å². The number of aromatic nitrogens is 1. The highest BCUT2D eigenvalue weighted by molar-refractivity contribution is 7.80. The van der Waals surface area contributed by atoms with Gasteiger partial charge in [-0.2, -0.15) is 0 Å². The number of pyridine rings is 1. The van der Waals surface area contributed by atoms with E-state index in [0.29, 0.717) is 6.04 Å². The second kappa shape index (κ2) is 9.78. The molecule has 1 saturated carbocycles. The summed E-state index contributed by atoms with van der Waals surface area (Å²) in [5.41, 5.74) is 1.10. The third-order valence-electron chi connectivity index (χ3n) is 4.11. The van der Waals surface area contributed by atoms with Gasteiger partial charge in [-0.05, 0) is 43.6 Å². The van der Waals surface area contributed by atoms with Crippen LogP contribution in [-0.2, 0) is 6.54 Å². The summed E-state index contributed by atoms with van der Waals surface area (Å²) in [6, 6.07) is 6.69. The number of nitrogens with one attached hydrogen (secondary N) is 1. The summed E-state index contributed by atoms with van der Waals surface area (Å²) in [5.74, 6) is 0. The summed E-state index contributed by atoms with van der Waals surface area (Å²) in [7, 11) is 0. The molecule has 1 N–H and O–H groups in total. The fraction of sp³-hybridized carbons (Fsp3) is 0.667. The number of hydrogen-bond acceptors (Lipinski definition) is 2.